The van der Waals surface area contributed by atoms with Gasteiger partial charge in [0.15, 0.2) is 5.43 Å². The van der Waals surface area contributed by atoms with Crippen LogP contribution in [0.25, 0.3) is 10.1 Å². The van der Waals surface area contributed by atoms with E-state index in [1.165, 1.54) is 0 Å². The molecule has 0 aliphatic rings. The molecular formula is C14H14O5S. The number of aromatic carboxylic acids is 1. The van der Waals surface area contributed by atoms with Crippen molar-refractivity contribution in [2.45, 2.75) is 6.92 Å². The summed E-state index contributed by atoms with van der Waals surface area (Å²) in [5.74, 6) is -0.518. The molecule has 5 nitrogen and oxygen atoms in total. The molecule has 20 heavy (non-hydrogen) atoms. The van der Waals surface area contributed by atoms with Crippen LogP contribution in [0.2, 0.25) is 0 Å². The number of fused-ring (bicyclic) bond motifs is 1. The molecule has 0 saturated heterocycles. The fourth-order valence-corrected chi connectivity index (χ4v) is 2.59. The molecule has 0 atom stereocenters. The van der Waals surface area contributed by atoms with Crippen LogP contribution in [0.4, 0.5) is 0 Å². The number of ether oxygens (including phenoxy) is 2. The Hall–Kier alpha value is -1.92. The van der Waals surface area contributed by atoms with Gasteiger partial charge in [0, 0.05) is 22.8 Å². The van der Waals surface area contributed by atoms with Crippen molar-refractivity contribution in [1.82, 2.24) is 0 Å². The zero-order valence-electron chi connectivity index (χ0n) is 10.9. The highest BCUT2D eigenvalue weighted by Gasteiger charge is 2.09. The third-order valence-corrected chi connectivity index (χ3v) is 3.70. The molecule has 0 spiro atoms. The summed E-state index contributed by atoms with van der Waals surface area (Å²) in [5.41, 5.74) is -0.314. The Morgan fingerprint density at radius 3 is 2.80 bits per heavy atom. The fraction of sp³-hybridized carbons (Fsp3) is 0.286. The number of carbonyl (C=O) groups is 1. The van der Waals surface area contributed by atoms with Crippen LogP contribution in [0, 0.1) is 0 Å². The minimum atomic E-state index is -1.09. The molecule has 0 unspecified atom stereocenters. The van der Waals surface area contributed by atoms with Crippen LogP contribution >= 0.6 is 11.3 Å². The first-order valence-corrected chi connectivity index (χ1v) is 6.95. The lowest BCUT2D eigenvalue weighted by Gasteiger charge is -2.07. The maximum Gasteiger partial charge on any atom is 0.346 e. The van der Waals surface area contributed by atoms with Crippen molar-refractivity contribution in [3.05, 3.63) is 39.4 Å². The van der Waals surface area contributed by atoms with Crippen molar-refractivity contribution in [2.75, 3.05) is 19.8 Å². The van der Waals surface area contributed by atoms with Crippen molar-refractivity contribution in [3.63, 3.8) is 0 Å². The van der Waals surface area contributed by atoms with Crippen molar-refractivity contribution >= 4 is 27.4 Å². The molecule has 0 aliphatic heterocycles. The molecule has 2 aromatic rings. The average Bonchev–Trinajstić information content (AvgIpc) is 2.43. The zero-order valence-corrected chi connectivity index (χ0v) is 11.7. The van der Waals surface area contributed by atoms with E-state index >= 15 is 0 Å². The molecule has 0 fully saturated rings. The van der Waals surface area contributed by atoms with E-state index in [9.17, 15) is 9.59 Å². The molecule has 1 N–H and O–H groups in total. The normalized spacial score (nSPS) is 10.7. The van der Waals surface area contributed by atoms with E-state index in [-0.39, 0.29) is 10.3 Å². The van der Waals surface area contributed by atoms with Crippen LogP contribution in [0.5, 0.6) is 5.75 Å². The summed E-state index contributed by atoms with van der Waals surface area (Å²) in [6.45, 7) is 3.43. The molecule has 0 aliphatic carbocycles. The minimum absolute atomic E-state index is 0.0347. The third-order valence-electron chi connectivity index (χ3n) is 2.61. The molecule has 106 valence electrons. The highest BCUT2D eigenvalue weighted by Crippen LogP contribution is 2.23. The van der Waals surface area contributed by atoms with Gasteiger partial charge >= 0.3 is 5.97 Å². The van der Waals surface area contributed by atoms with Crippen LogP contribution < -0.4 is 10.2 Å². The highest BCUT2D eigenvalue weighted by atomic mass is 32.1. The maximum atomic E-state index is 11.9. The second-order valence-electron chi connectivity index (χ2n) is 3.98. The molecule has 0 saturated carbocycles. The van der Waals surface area contributed by atoms with Gasteiger partial charge in [-0.2, -0.15) is 0 Å². The largest absolute Gasteiger partial charge is 0.491 e. The van der Waals surface area contributed by atoms with Gasteiger partial charge in [-0.15, -0.1) is 11.3 Å². The number of carboxylic acids is 1. The topological polar surface area (TPSA) is 72.8 Å². The van der Waals surface area contributed by atoms with Crippen molar-refractivity contribution in [3.8, 4) is 5.75 Å². The van der Waals surface area contributed by atoms with Crippen molar-refractivity contribution in [2.24, 2.45) is 0 Å². The van der Waals surface area contributed by atoms with Gasteiger partial charge in [0.05, 0.1) is 6.61 Å². The van der Waals surface area contributed by atoms with E-state index in [4.69, 9.17) is 14.6 Å². The minimum Gasteiger partial charge on any atom is -0.491 e. The number of benzene rings is 1. The zero-order chi connectivity index (χ0) is 14.5. The van der Waals surface area contributed by atoms with Crippen LogP contribution in [-0.2, 0) is 4.74 Å². The SMILES string of the molecule is CCOCCOc1ccc2sc(C(=O)O)cc(=O)c2c1. The summed E-state index contributed by atoms with van der Waals surface area (Å²) in [4.78, 5) is 22.8. The van der Waals surface area contributed by atoms with Crippen LogP contribution in [0.15, 0.2) is 29.1 Å². The Labute approximate surface area is 119 Å². The molecule has 0 radical (unpaired) electrons. The summed E-state index contributed by atoms with van der Waals surface area (Å²) in [6.07, 6.45) is 0. The third kappa shape index (κ3) is 3.34. The molecule has 1 aromatic heterocycles. The Bertz CT molecular complexity index is 677. The summed E-state index contributed by atoms with van der Waals surface area (Å²) in [7, 11) is 0. The quantitative estimate of drug-likeness (QED) is 0.828. The predicted octanol–water partition coefficient (Wildman–Crippen LogP) is 2.38. The first kappa shape index (κ1) is 14.5. The summed E-state index contributed by atoms with van der Waals surface area (Å²) in [5, 5.41) is 9.39. The fourth-order valence-electron chi connectivity index (χ4n) is 1.69. The number of hydrogen-bond acceptors (Lipinski definition) is 5. The van der Waals surface area contributed by atoms with E-state index < -0.39 is 5.97 Å². The van der Waals surface area contributed by atoms with Gasteiger partial charge in [0.2, 0.25) is 0 Å². The summed E-state index contributed by atoms with van der Waals surface area (Å²) >= 11 is 1.07. The van der Waals surface area contributed by atoms with Crippen LogP contribution in [-0.4, -0.2) is 30.9 Å². The standard InChI is InChI=1S/C14H14O5S/c1-2-18-5-6-19-9-3-4-12-10(7-9)11(15)8-13(20-12)14(16)17/h3-4,7-8H,2,5-6H2,1H3,(H,16,17). The van der Waals surface area contributed by atoms with Gasteiger partial charge < -0.3 is 14.6 Å². The first-order chi connectivity index (χ1) is 9.61. The highest BCUT2D eigenvalue weighted by molar-refractivity contribution is 7.20. The van der Waals surface area contributed by atoms with Gasteiger partial charge in [0.25, 0.3) is 0 Å². The molecule has 1 aromatic carbocycles. The van der Waals surface area contributed by atoms with Crippen molar-refractivity contribution < 1.29 is 19.4 Å². The monoisotopic (exact) mass is 294 g/mol. The molecular weight excluding hydrogens is 280 g/mol. The lowest BCUT2D eigenvalue weighted by molar-refractivity contribution is 0.0702. The van der Waals surface area contributed by atoms with Gasteiger partial charge in [0.1, 0.15) is 17.2 Å². The summed E-state index contributed by atoms with van der Waals surface area (Å²) < 4.78 is 11.3. The van der Waals surface area contributed by atoms with E-state index in [1.807, 2.05) is 6.92 Å². The molecule has 1 heterocycles. The van der Waals surface area contributed by atoms with Gasteiger partial charge in [-0.05, 0) is 25.1 Å². The number of carboxylic acid groups (broad SMARTS) is 1. The Balaban J connectivity index is 2.26. The lowest BCUT2D eigenvalue weighted by Crippen LogP contribution is -2.07. The van der Waals surface area contributed by atoms with Crippen LogP contribution in [0.3, 0.4) is 0 Å². The number of rotatable bonds is 6. The van der Waals surface area contributed by atoms with E-state index in [0.29, 0.717) is 35.7 Å². The maximum absolute atomic E-state index is 11.9. The molecule has 6 heteroatoms. The van der Waals surface area contributed by atoms with Gasteiger partial charge in [-0.25, -0.2) is 4.79 Å². The predicted molar refractivity (Wildman–Crippen MR) is 77.0 cm³/mol. The smallest absolute Gasteiger partial charge is 0.346 e. The average molecular weight is 294 g/mol. The molecule has 0 amide bonds. The van der Waals surface area contributed by atoms with E-state index in [1.54, 1.807) is 18.2 Å². The molecule has 2 rings (SSSR count). The first-order valence-electron chi connectivity index (χ1n) is 6.13. The van der Waals surface area contributed by atoms with Crippen molar-refractivity contribution in [1.29, 1.82) is 0 Å². The van der Waals surface area contributed by atoms with E-state index in [2.05, 4.69) is 0 Å². The number of hydrogen-bond donors (Lipinski definition) is 1. The van der Waals surface area contributed by atoms with Gasteiger partial charge in [-0.1, -0.05) is 0 Å². The van der Waals surface area contributed by atoms with Gasteiger partial charge in [-0.3, -0.25) is 4.79 Å². The second-order valence-corrected chi connectivity index (χ2v) is 5.07. The summed E-state index contributed by atoms with van der Waals surface area (Å²) in [6, 6.07) is 6.19. The van der Waals surface area contributed by atoms with Crippen LogP contribution in [0.1, 0.15) is 16.6 Å². The molecule has 0 bridgehead atoms. The Morgan fingerprint density at radius 2 is 2.10 bits per heavy atom. The Morgan fingerprint density at radius 1 is 1.30 bits per heavy atom. The Kier molecular flexibility index (Phi) is 4.70. The second kappa shape index (κ2) is 6.49. The van der Waals surface area contributed by atoms with E-state index in [0.717, 1.165) is 17.4 Å². The lowest BCUT2D eigenvalue weighted by atomic mass is 10.2.